The Labute approximate surface area is 91.7 Å². The zero-order valence-electron chi connectivity index (χ0n) is 8.41. The number of amides is 1. The fourth-order valence-corrected chi connectivity index (χ4v) is 1.20. The van der Waals surface area contributed by atoms with E-state index in [-0.39, 0.29) is 6.61 Å². The highest BCUT2D eigenvalue weighted by Crippen LogP contribution is 2.05. The van der Waals surface area contributed by atoms with E-state index in [1.807, 2.05) is 6.07 Å². The monoisotopic (exact) mass is 218 g/mol. The van der Waals surface area contributed by atoms with Crippen molar-refractivity contribution in [1.29, 1.82) is 0 Å². The molecule has 0 saturated heterocycles. The smallest absolute Gasteiger partial charge is 0.404 e. The molecule has 0 unspecified atom stereocenters. The van der Waals surface area contributed by atoms with E-state index in [4.69, 9.17) is 5.73 Å². The van der Waals surface area contributed by atoms with E-state index in [1.54, 1.807) is 35.4 Å². The van der Waals surface area contributed by atoms with Gasteiger partial charge in [-0.2, -0.15) is 5.10 Å². The summed E-state index contributed by atoms with van der Waals surface area (Å²) in [5, 5.41) is 4.04. The van der Waals surface area contributed by atoms with E-state index < -0.39 is 6.09 Å². The zero-order valence-corrected chi connectivity index (χ0v) is 8.41. The van der Waals surface area contributed by atoms with Crippen molar-refractivity contribution in [3.63, 3.8) is 0 Å². The van der Waals surface area contributed by atoms with Crippen LogP contribution in [0.2, 0.25) is 0 Å². The standard InChI is InChI=1S/C10H10N4O2/c11-10(15)16-7-8-2-3-9(12-6-8)14-5-1-4-13-14/h1-6H,7H2,(H2,11,15). The first-order valence-electron chi connectivity index (χ1n) is 4.63. The number of aromatic nitrogens is 3. The Hall–Kier alpha value is -2.37. The normalized spacial score (nSPS) is 10.0. The quantitative estimate of drug-likeness (QED) is 0.828. The molecule has 0 aliphatic rings. The van der Waals surface area contributed by atoms with Crippen molar-refractivity contribution in [2.45, 2.75) is 6.61 Å². The van der Waals surface area contributed by atoms with Crippen LogP contribution in [0.15, 0.2) is 36.8 Å². The van der Waals surface area contributed by atoms with Crippen molar-refractivity contribution >= 4 is 6.09 Å². The third kappa shape index (κ3) is 2.35. The number of rotatable bonds is 3. The zero-order chi connectivity index (χ0) is 11.4. The lowest BCUT2D eigenvalue weighted by Gasteiger charge is -2.03. The molecule has 2 aromatic heterocycles. The number of hydrogen-bond acceptors (Lipinski definition) is 4. The van der Waals surface area contributed by atoms with E-state index in [9.17, 15) is 4.79 Å². The molecule has 0 bridgehead atoms. The molecule has 2 heterocycles. The molecule has 82 valence electrons. The van der Waals surface area contributed by atoms with Gasteiger partial charge in [-0.3, -0.25) is 0 Å². The molecule has 0 spiro atoms. The Balaban J connectivity index is 2.08. The van der Waals surface area contributed by atoms with Crippen LogP contribution in [0.5, 0.6) is 0 Å². The molecule has 2 rings (SSSR count). The summed E-state index contributed by atoms with van der Waals surface area (Å²) < 4.78 is 6.27. The lowest BCUT2D eigenvalue weighted by Crippen LogP contribution is -2.12. The number of carbonyl (C=O) groups excluding carboxylic acids is 1. The number of pyridine rings is 1. The summed E-state index contributed by atoms with van der Waals surface area (Å²) in [5.41, 5.74) is 5.62. The highest BCUT2D eigenvalue weighted by molar-refractivity contribution is 5.64. The Morgan fingerprint density at radius 2 is 2.38 bits per heavy atom. The minimum Gasteiger partial charge on any atom is -0.445 e. The van der Waals surface area contributed by atoms with Gasteiger partial charge in [-0.05, 0) is 12.1 Å². The summed E-state index contributed by atoms with van der Waals surface area (Å²) in [6, 6.07) is 5.39. The molecule has 0 aliphatic carbocycles. The first-order chi connectivity index (χ1) is 7.75. The lowest BCUT2D eigenvalue weighted by molar-refractivity contribution is 0.150. The molecule has 0 saturated carbocycles. The highest BCUT2D eigenvalue weighted by Gasteiger charge is 2.00. The number of nitrogens with zero attached hydrogens (tertiary/aromatic N) is 3. The molecule has 16 heavy (non-hydrogen) atoms. The Morgan fingerprint density at radius 1 is 1.50 bits per heavy atom. The van der Waals surface area contributed by atoms with Gasteiger partial charge in [-0.1, -0.05) is 6.07 Å². The first-order valence-corrected chi connectivity index (χ1v) is 4.63. The minimum atomic E-state index is -0.795. The van der Waals surface area contributed by atoms with Crippen LogP contribution in [0.1, 0.15) is 5.56 Å². The van der Waals surface area contributed by atoms with E-state index in [1.165, 1.54) is 0 Å². The van der Waals surface area contributed by atoms with Crippen molar-refractivity contribution in [1.82, 2.24) is 14.8 Å². The van der Waals surface area contributed by atoms with Gasteiger partial charge in [0.1, 0.15) is 6.61 Å². The maximum Gasteiger partial charge on any atom is 0.404 e. The average molecular weight is 218 g/mol. The van der Waals surface area contributed by atoms with Gasteiger partial charge in [-0.25, -0.2) is 14.5 Å². The second kappa shape index (κ2) is 4.43. The minimum absolute atomic E-state index is 0.127. The van der Waals surface area contributed by atoms with E-state index in [2.05, 4.69) is 14.8 Å². The Kier molecular flexibility index (Phi) is 2.81. The summed E-state index contributed by atoms with van der Waals surface area (Å²) in [4.78, 5) is 14.6. The van der Waals surface area contributed by atoms with Crippen molar-refractivity contribution in [3.05, 3.63) is 42.4 Å². The van der Waals surface area contributed by atoms with E-state index >= 15 is 0 Å². The van der Waals surface area contributed by atoms with Crippen LogP contribution >= 0.6 is 0 Å². The molecule has 0 fully saturated rings. The molecule has 1 amide bonds. The second-order valence-corrected chi connectivity index (χ2v) is 3.08. The van der Waals surface area contributed by atoms with Crippen LogP contribution in [0.3, 0.4) is 0 Å². The van der Waals surface area contributed by atoms with Gasteiger partial charge >= 0.3 is 6.09 Å². The lowest BCUT2D eigenvalue weighted by atomic mass is 10.3. The van der Waals surface area contributed by atoms with Crippen LogP contribution in [-0.4, -0.2) is 20.9 Å². The summed E-state index contributed by atoms with van der Waals surface area (Å²) in [6.07, 6.45) is 4.28. The largest absolute Gasteiger partial charge is 0.445 e. The number of hydrogen-bond donors (Lipinski definition) is 1. The van der Waals surface area contributed by atoms with Gasteiger partial charge in [0.2, 0.25) is 0 Å². The van der Waals surface area contributed by atoms with E-state index in [0.29, 0.717) is 5.82 Å². The second-order valence-electron chi connectivity index (χ2n) is 3.08. The average Bonchev–Trinajstić information content (AvgIpc) is 2.80. The van der Waals surface area contributed by atoms with Crippen LogP contribution < -0.4 is 5.73 Å². The number of nitrogens with two attached hydrogens (primary N) is 1. The van der Waals surface area contributed by atoms with Crippen LogP contribution in [0.25, 0.3) is 5.82 Å². The fraction of sp³-hybridized carbons (Fsp3) is 0.100. The first kappa shape index (κ1) is 10.2. The Morgan fingerprint density at radius 3 is 2.94 bits per heavy atom. The summed E-state index contributed by atoms with van der Waals surface area (Å²) in [5.74, 6) is 0.702. The van der Waals surface area contributed by atoms with Crippen molar-refractivity contribution in [2.75, 3.05) is 0 Å². The SMILES string of the molecule is NC(=O)OCc1ccc(-n2cccn2)nc1. The predicted molar refractivity (Wildman–Crippen MR) is 55.7 cm³/mol. The fourth-order valence-electron chi connectivity index (χ4n) is 1.20. The molecule has 2 aromatic rings. The van der Waals surface area contributed by atoms with Gasteiger partial charge < -0.3 is 10.5 Å². The molecular weight excluding hydrogens is 208 g/mol. The van der Waals surface area contributed by atoms with Gasteiger partial charge in [-0.15, -0.1) is 0 Å². The topological polar surface area (TPSA) is 83.0 Å². The van der Waals surface area contributed by atoms with E-state index in [0.717, 1.165) is 5.56 Å². The van der Waals surface area contributed by atoms with Gasteiger partial charge in [0, 0.05) is 24.2 Å². The predicted octanol–water partition coefficient (Wildman–Crippen LogP) is 0.863. The molecule has 2 N–H and O–H groups in total. The van der Waals surface area contributed by atoms with Crippen molar-refractivity contribution in [2.24, 2.45) is 5.73 Å². The van der Waals surface area contributed by atoms with Gasteiger partial charge in [0.15, 0.2) is 5.82 Å². The van der Waals surface area contributed by atoms with Gasteiger partial charge in [0.05, 0.1) is 0 Å². The maximum absolute atomic E-state index is 10.4. The number of ether oxygens (including phenoxy) is 1. The summed E-state index contributed by atoms with van der Waals surface area (Å²) in [7, 11) is 0. The van der Waals surface area contributed by atoms with Crippen molar-refractivity contribution < 1.29 is 9.53 Å². The molecule has 0 aliphatic heterocycles. The van der Waals surface area contributed by atoms with Gasteiger partial charge in [0.25, 0.3) is 0 Å². The third-order valence-electron chi connectivity index (χ3n) is 1.93. The van der Waals surface area contributed by atoms with Crippen LogP contribution in [0.4, 0.5) is 4.79 Å². The van der Waals surface area contributed by atoms with Crippen molar-refractivity contribution in [3.8, 4) is 5.82 Å². The molecule has 0 aromatic carbocycles. The Bertz CT molecular complexity index is 464. The van der Waals surface area contributed by atoms with Crippen LogP contribution in [0, 0.1) is 0 Å². The molecular formula is C10H10N4O2. The van der Waals surface area contributed by atoms with Crippen LogP contribution in [-0.2, 0) is 11.3 Å². The number of primary amides is 1. The molecule has 0 radical (unpaired) electrons. The molecule has 6 heteroatoms. The number of carbonyl (C=O) groups is 1. The molecule has 6 nitrogen and oxygen atoms in total. The third-order valence-corrected chi connectivity index (χ3v) is 1.93. The summed E-state index contributed by atoms with van der Waals surface area (Å²) >= 11 is 0. The molecule has 0 atom stereocenters. The summed E-state index contributed by atoms with van der Waals surface area (Å²) in [6.45, 7) is 0.127. The maximum atomic E-state index is 10.4. The highest BCUT2D eigenvalue weighted by atomic mass is 16.5.